The molecule has 0 aliphatic rings. The molecule has 4 heteroatoms. The van der Waals surface area contributed by atoms with Crippen molar-refractivity contribution in [1.82, 2.24) is 9.97 Å². The molecule has 0 saturated carbocycles. The quantitative estimate of drug-likeness (QED) is 0.500. The summed E-state index contributed by atoms with van der Waals surface area (Å²) in [5, 5.41) is 8.24. The molecule has 0 bridgehead atoms. The first-order valence-corrected chi connectivity index (χ1v) is 3.76. The third-order valence-electron chi connectivity index (χ3n) is 1.25. The van der Waals surface area contributed by atoms with E-state index in [1.807, 2.05) is 6.07 Å². The number of nitrogens with zero attached hydrogens (tertiary/aromatic N) is 3. The third-order valence-corrected chi connectivity index (χ3v) is 1.25. The summed E-state index contributed by atoms with van der Waals surface area (Å²) in [6.45, 7) is 0. The van der Waals surface area contributed by atoms with Crippen LogP contribution in [0.15, 0.2) is 12.4 Å². The van der Waals surface area contributed by atoms with E-state index in [-0.39, 0.29) is 0 Å². The number of unbranched alkanes of at least 4 members (excludes halogenated alkanes) is 1. The molecule has 0 atom stereocenters. The lowest BCUT2D eigenvalue weighted by atomic mass is 10.3. The summed E-state index contributed by atoms with van der Waals surface area (Å²) in [5.74, 6) is 5.96. The van der Waals surface area contributed by atoms with Crippen molar-refractivity contribution >= 4 is 5.82 Å². The van der Waals surface area contributed by atoms with Crippen LogP contribution < -0.4 is 5.73 Å². The lowest BCUT2D eigenvalue weighted by Gasteiger charge is -1.89. The summed E-state index contributed by atoms with van der Waals surface area (Å²) in [7, 11) is 0. The molecule has 4 nitrogen and oxygen atoms in total. The average molecular weight is 172 g/mol. The molecule has 0 spiro atoms. The molecule has 13 heavy (non-hydrogen) atoms. The fraction of sp³-hybridized carbons (Fsp3) is 0.222. The van der Waals surface area contributed by atoms with Gasteiger partial charge in [-0.25, -0.2) is 9.97 Å². The Bertz CT molecular complexity index is 363. The average Bonchev–Trinajstić information content (AvgIpc) is 2.15. The van der Waals surface area contributed by atoms with Gasteiger partial charge in [0.25, 0.3) is 0 Å². The number of rotatable bonds is 1. The Balaban J connectivity index is 2.58. The van der Waals surface area contributed by atoms with E-state index in [0.717, 1.165) is 0 Å². The van der Waals surface area contributed by atoms with Crippen molar-refractivity contribution in [2.45, 2.75) is 12.8 Å². The van der Waals surface area contributed by atoms with Crippen LogP contribution in [0.1, 0.15) is 18.5 Å². The first kappa shape index (κ1) is 9.02. The minimum absolute atomic E-state index is 0.377. The van der Waals surface area contributed by atoms with Gasteiger partial charge in [-0.2, -0.15) is 5.26 Å². The fourth-order valence-corrected chi connectivity index (χ4v) is 0.674. The Morgan fingerprint density at radius 1 is 1.31 bits per heavy atom. The number of nitrogen functional groups attached to an aromatic ring is 1. The van der Waals surface area contributed by atoms with E-state index in [1.165, 1.54) is 12.4 Å². The lowest BCUT2D eigenvalue weighted by Crippen LogP contribution is -1.92. The van der Waals surface area contributed by atoms with Gasteiger partial charge in [0.1, 0.15) is 11.5 Å². The van der Waals surface area contributed by atoms with Crippen LogP contribution in [0, 0.1) is 23.2 Å². The maximum Gasteiger partial charge on any atom is 0.141 e. The third kappa shape index (κ3) is 3.22. The zero-order valence-electron chi connectivity index (χ0n) is 6.99. The van der Waals surface area contributed by atoms with E-state index >= 15 is 0 Å². The Morgan fingerprint density at radius 3 is 2.77 bits per heavy atom. The first-order chi connectivity index (χ1) is 6.33. The normalized spacial score (nSPS) is 8.23. The van der Waals surface area contributed by atoms with Gasteiger partial charge in [-0.1, -0.05) is 5.92 Å². The number of hydrogen-bond acceptors (Lipinski definition) is 4. The Labute approximate surface area is 76.4 Å². The van der Waals surface area contributed by atoms with Crippen LogP contribution in [0.25, 0.3) is 0 Å². The van der Waals surface area contributed by atoms with Gasteiger partial charge in [0.05, 0.1) is 18.5 Å². The molecule has 0 saturated heterocycles. The van der Waals surface area contributed by atoms with Crippen molar-refractivity contribution in [3.05, 3.63) is 18.1 Å². The highest BCUT2D eigenvalue weighted by molar-refractivity contribution is 5.30. The molecule has 64 valence electrons. The fourth-order valence-electron chi connectivity index (χ4n) is 0.674. The highest BCUT2D eigenvalue weighted by Crippen LogP contribution is 1.93. The minimum atomic E-state index is 0.377. The monoisotopic (exact) mass is 172 g/mol. The minimum Gasteiger partial charge on any atom is -0.382 e. The molecule has 0 unspecified atom stereocenters. The van der Waals surface area contributed by atoms with Gasteiger partial charge in [-0.05, 0) is 5.92 Å². The molecule has 0 fully saturated rings. The van der Waals surface area contributed by atoms with Gasteiger partial charge in [0.15, 0.2) is 0 Å². The molecule has 0 aliphatic carbocycles. The molecule has 0 aromatic carbocycles. The second-order valence-electron chi connectivity index (χ2n) is 2.29. The summed E-state index contributed by atoms with van der Waals surface area (Å²) in [4.78, 5) is 7.76. The van der Waals surface area contributed by atoms with Crippen molar-refractivity contribution in [2.24, 2.45) is 0 Å². The Kier molecular flexibility index (Phi) is 3.29. The topological polar surface area (TPSA) is 75.6 Å². The standard InChI is InChI=1S/C9H8N4/c10-5-3-1-2-4-8-6-13-9(11)7-12-8/h6-7H,1,3H2,(H2,11,13). The Morgan fingerprint density at radius 2 is 2.15 bits per heavy atom. The van der Waals surface area contributed by atoms with Crippen molar-refractivity contribution in [3.63, 3.8) is 0 Å². The second kappa shape index (κ2) is 4.74. The van der Waals surface area contributed by atoms with Gasteiger partial charge in [-0.3, -0.25) is 0 Å². The molecular formula is C9H8N4. The molecule has 2 N–H and O–H groups in total. The van der Waals surface area contributed by atoms with Gasteiger partial charge < -0.3 is 5.73 Å². The van der Waals surface area contributed by atoms with E-state index in [4.69, 9.17) is 11.0 Å². The van der Waals surface area contributed by atoms with E-state index in [1.54, 1.807) is 0 Å². The van der Waals surface area contributed by atoms with Crippen molar-refractivity contribution < 1.29 is 0 Å². The summed E-state index contributed by atoms with van der Waals surface area (Å²) >= 11 is 0. The van der Waals surface area contributed by atoms with Gasteiger partial charge in [-0.15, -0.1) is 0 Å². The molecule has 1 aromatic rings. The summed E-state index contributed by atoms with van der Waals surface area (Å²) in [6.07, 6.45) is 3.96. The highest BCUT2D eigenvalue weighted by atomic mass is 14.9. The van der Waals surface area contributed by atoms with Crippen LogP contribution in [0.4, 0.5) is 5.82 Å². The zero-order chi connectivity index (χ0) is 9.52. The van der Waals surface area contributed by atoms with Crippen molar-refractivity contribution in [1.29, 1.82) is 5.26 Å². The largest absolute Gasteiger partial charge is 0.382 e. The maximum atomic E-state index is 8.24. The number of anilines is 1. The maximum absolute atomic E-state index is 8.24. The van der Waals surface area contributed by atoms with Gasteiger partial charge in [0, 0.05) is 12.8 Å². The predicted octanol–water partition coefficient (Wildman–Crippen LogP) is 0.714. The van der Waals surface area contributed by atoms with Crippen LogP contribution in [0.5, 0.6) is 0 Å². The number of aromatic nitrogens is 2. The molecule has 0 aliphatic heterocycles. The second-order valence-corrected chi connectivity index (χ2v) is 2.29. The number of nitrogens with two attached hydrogens (primary N) is 1. The summed E-state index contributed by atoms with van der Waals surface area (Å²) < 4.78 is 0. The van der Waals surface area contributed by atoms with Crippen molar-refractivity contribution in [3.8, 4) is 17.9 Å². The van der Waals surface area contributed by atoms with Gasteiger partial charge in [0.2, 0.25) is 0 Å². The summed E-state index contributed by atoms with van der Waals surface area (Å²) in [6, 6.07) is 2.00. The van der Waals surface area contributed by atoms with E-state index in [2.05, 4.69) is 21.8 Å². The SMILES string of the molecule is N#CCCC#Cc1cnc(N)cn1. The number of hydrogen-bond donors (Lipinski definition) is 1. The predicted molar refractivity (Wildman–Crippen MR) is 48.2 cm³/mol. The molecule has 1 heterocycles. The smallest absolute Gasteiger partial charge is 0.141 e. The lowest BCUT2D eigenvalue weighted by molar-refractivity contribution is 1.09. The van der Waals surface area contributed by atoms with Crippen molar-refractivity contribution in [2.75, 3.05) is 5.73 Å². The zero-order valence-corrected chi connectivity index (χ0v) is 6.99. The molecular weight excluding hydrogens is 164 g/mol. The van der Waals surface area contributed by atoms with Crippen LogP contribution in [0.2, 0.25) is 0 Å². The molecule has 1 rings (SSSR count). The van der Waals surface area contributed by atoms with E-state index < -0.39 is 0 Å². The first-order valence-electron chi connectivity index (χ1n) is 3.76. The van der Waals surface area contributed by atoms with E-state index in [0.29, 0.717) is 24.4 Å². The summed E-state index contributed by atoms with van der Waals surface area (Å²) in [5.41, 5.74) is 5.91. The van der Waals surface area contributed by atoms with Crippen LogP contribution >= 0.6 is 0 Å². The highest BCUT2D eigenvalue weighted by Gasteiger charge is 1.88. The molecule has 0 radical (unpaired) electrons. The van der Waals surface area contributed by atoms with Crippen LogP contribution in [-0.2, 0) is 0 Å². The van der Waals surface area contributed by atoms with Crippen LogP contribution in [0.3, 0.4) is 0 Å². The van der Waals surface area contributed by atoms with Gasteiger partial charge >= 0.3 is 0 Å². The molecule has 0 amide bonds. The molecule has 1 aromatic heterocycles. The number of nitriles is 1. The van der Waals surface area contributed by atoms with E-state index in [9.17, 15) is 0 Å². The van der Waals surface area contributed by atoms with Crippen LogP contribution in [-0.4, -0.2) is 9.97 Å². The Hall–Kier alpha value is -2.07.